The van der Waals surface area contributed by atoms with Gasteiger partial charge >= 0.3 is 0 Å². The summed E-state index contributed by atoms with van der Waals surface area (Å²) in [7, 11) is 0. The van der Waals surface area contributed by atoms with Crippen LogP contribution in [0.1, 0.15) is 44.4 Å². The van der Waals surface area contributed by atoms with E-state index in [0.717, 1.165) is 22.4 Å². The van der Waals surface area contributed by atoms with Gasteiger partial charge in [0.1, 0.15) is 6.54 Å². The van der Waals surface area contributed by atoms with Crippen molar-refractivity contribution in [2.75, 3.05) is 11.4 Å². The second kappa shape index (κ2) is 8.17. The summed E-state index contributed by atoms with van der Waals surface area (Å²) < 4.78 is 0. The Bertz CT molecular complexity index is 791. The molecule has 2 aromatic carbocycles. The molecule has 0 heterocycles. The molecule has 0 unspecified atom stereocenters. The Balaban J connectivity index is 2.16. The largest absolute Gasteiger partial charge is 0.350 e. The van der Waals surface area contributed by atoms with E-state index in [2.05, 4.69) is 26.1 Å². The van der Waals surface area contributed by atoms with Crippen molar-refractivity contribution < 1.29 is 9.59 Å². The monoisotopic (exact) mass is 352 g/mol. The molecule has 2 rings (SSSR count). The van der Waals surface area contributed by atoms with Crippen LogP contribution in [0, 0.1) is 6.92 Å². The molecule has 0 fully saturated rings. The maximum Gasteiger partial charge on any atom is 0.240 e. The first-order valence-corrected chi connectivity index (χ1v) is 8.89. The van der Waals surface area contributed by atoms with Crippen LogP contribution in [0.15, 0.2) is 48.5 Å². The van der Waals surface area contributed by atoms with E-state index in [-0.39, 0.29) is 23.8 Å². The zero-order valence-electron chi connectivity index (χ0n) is 16.3. The third kappa shape index (κ3) is 4.94. The van der Waals surface area contributed by atoms with Crippen molar-refractivity contribution in [2.45, 2.75) is 46.6 Å². The molecule has 0 aliphatic heterocycles. The standard InChI is InChI=1S/C22H28N2O2/c1-16-10-6-7-11-18(16)14-23-21(26)15-24(17(2)25)20-13-9-8-12-19(20)22(3,4)5/h6-13H,14-15H2,1-5H3,(H,23,26). The maximum atomic E-state index is 12.5. The molecular weight excluding hydrogens is 324 g/mol. The summed E-state index contributed by atoms with van der Waals surface area (Å²) in [5, 5.41) is 2.92. The van der Waals surface area contributed by atoms with E-state index in [0.29, 0.717) is 6.54 Å². The van der Waals surface area contributed by atoms with Crippen LogP contribution in [0.3, 0.4) is 0 Å². The van der Waals surface area contributed by atoms with Gasteiger partial charge in [-0.25, -0.2) is 0 Å². The molecule has 0 aromatic heterocycles. The molecule has 2 amide bonds. The molecule has 0 radical (unpaired) electrons. The number of benzene rings is 2. The molecule has 0 aliphatic carbocycles. The quantitative estimate of drug-likeness (QED) is 0.885. The summed E-state index contributed by atoms with van der Waals surface area (Å²) in [6.07, 6.45) is 0. The average Bonchev–Trinajstić information content (AvgIpc) is 2.58. The summed E-state index contributed by atoms with van der Waals surface area (Å²) >= 11 is 0. The highest BCUT2D eigenvalue weighted by Crippen LogP contribution is 2.31. The summed E-state index contributed by atoms with van der Waals surface area (Å²) in [5.74, 6) is -0.320. The highest BCUT2D eigenvalue weighted by molar-refractivity contribution is 5.98. The first-order chi connectivity index (χ1) is 12.2. The summed E-state index contributed by atoms with van der Waals surface area (Å²) in [6.45, 7) is 10.3. The van der Waals surface area contributed by atoms with Crippen LogP contribution in [0.4, 0.5) is 5.69 Å². The van der Waals surface area contributed by atoms with Gasteiger partial charge < -0.3 is 10.2 Å². The maximum absolute atomic E-state index is 12.5. The molecule has 138 valence electrons. The number of para-hydroxylation sites is 1. The summed E-state index contributed by atoms with van der Waals surface area (Å²) in [6, 6.07) is 15.7. The first-order valence-electron chi connectivity index (χ1n) is 8.89. The number of anilines is 1. The highest BCUT2D eigenvalue weighted by Gasteiger charge is 2.24. The lowest BCUT2D eigenvalue weighted by Gasteiger charge is -2.29. The minimum atomic E-state index is -0.174. The molecular formula is C22H28N2O2. The fraction of sp³-hybridized carbons (Fsp3) is 0.364. The summed E-state index contributed by atoms with van der Waals surface area (Å²) in [4.78, 5) is 26.3. The number of aryl methyl sites for hydroxylation is 1. The number of amides is 2. The van der Waals surface area contributed by atoms with Crippen molar-refractivity contribution in [3.05, 3.63) is 65.2 Å². The van der Waals surface area contributed by atoms with Gasteiger partial charge in [0.25, 0.3) is 0 Å². The number of carbonyl (C=O) groups excluding carboxylic acids is 2. The SMILES string of the molecule is CC(=O)N(CC(=O)NCc1ccccc1C)c1ccccc1C(C)(C)C. The smallest absolute Gasteiger partial charge is 0.240 e. The second-order valence-electron chi connectivity index (χ2n) is 7.58. The molecule has 26 heavy (non-hydrogen) atoms. The van der Waals surface area contributed by atoms with E-state index in [9.17, 15) is 9.59 Å². The molecule has 2 aromatic rings. The van der Waals surface area contributed by atoms with Gasteiger partial charge in [-0.05, 0) is 35.1 Å². The van der Waals surface area contributed by atoms with Gasteiger partial charge in [-0.1, -0.05) is 63.2 Å². The van der Waals surface area contributed by atoms with Crippen molar-refractivity contribution in [3.8, 4) is 0 Å². The van der Waals surface area contributed by atoms with Crippen molar-refractivity contribution >= 4 is 17.5 Å². The molecule has 1 N–H and O–H groups in total. The molecule has 0 aliphatic rings. The number of carbonyl (C=O) groups is 2. The van der Waals surface area contributed by atoms with E-state index < -0.39 is 0 Å². The molecule has 0 spiro atoms. The number of hydrogen-bond donors (Lipinski definition) is 1. The Morgan fingerprint density at radius 3 is 2.23 bits per heavy atom. The van der Waals surface area contributed by atoms with Crippen LogP contribution < -0.4 is 10.2 Å². The lowest BCUT2D eigenvalue weighted by Crippen LogP contribution is -2.40. The van der Waals surface area contributed by atoms with Gasteiger partial charge in [0.05, 0.1) is 0 Å². The Morgan fingerprint density at radius 2 is 1.62 bits per heavy atom. The number of rotatable bonds is 5. The fourth-order valence-electron chi connectivity index (χ4n) is 2.91. The van der Waals surface area contributed by atoms with Crippen LogP contribution in [0.25, 0.3) is 0 Å². The molecule has 4 nitrogen and oxygen atoms in total. The van der Waals surface area contributed by atoms with E-state index >= 15 is 0 Å². The third-order valence-electron chi connectivity index (χ3n) is 4.42. The predicted molar refractivity (Wildman–Crippen MR) is 106 cm³/mol. The Kier molecular flexibility index (Phi) is 6.19. The van der Waals surface area contributed by atoms with Crippen LogP contribution in [0.2, 0.25) is 0 Å². The average molecular weight is 352 g/mol. The molecule has 0 bridgehead atoms. The van der Waals surface area contributed by atoms with E-state index in [1.54, 1.807) is 4.90 Å². The zero-order chi connectivity index (χ0) is 19.3. The number of hydrogen-bond acceptors (Lipinski definition) is 2. The Hall–Kier alpha value is -2.62. The van der Waals surface area contributed by atoms with E-state index in [1.165, 1.54) is 6.92 Å². The first kappa shape index (κ1) is 19.7. The van der Waals surface area contributed by atoms with Crippen molar-refractivity contribution in [2.24, 2.45) is 0 Å². The van der Waals surface area contributed by atoms with Crippen molar-refractivity contribution in [1.29, 1.82) is 0 Å². The number of nitrogens with one attached hydrogen (secondary N) is 1. The van der Waals surface area contributed by atoms with Crippen LogP contribution in [-0.4, -0.2) is 18.4 Å². The van der Waals surface area contributed by atoms with Gasteiger partial charge in [-0.3, -0.25) is 9.59 Å². The molecule has 0 saturated heterocycles. The minimum absolute atomic E-state index is 0.00824. The van der Waals surface area contributed by atoms with E-state index in [1.807, 2.05) is 55.5 Å². The Morgan fingerprint density at radius 1 is 1.00 bits per heavy atom. The van der Waals surface area contributed by atoms with Gasteiger partial charge in [0, 0.05) is 19.2 Å². The highest BCUT2D eigenvalue weighted by atomic mass is 16.2. The molecule has 0 atom stereocenters. The second-order valence-corrected chi connectivity index (χ2v) is 7.58. The van der Waals surface area contributed by atoms with Gasteiger partial charge in [0.15, 0.2) is 0 Å². The fourth-order valence-corrected chi connectivity index (χ4v) is 2.91. The molecule has 0 saturated carbocycles. The third-order valence-corrected chi connectivity index (χ3v) is 4.42. The Labute approximate surface area is 156 Å². The van der Waals surface area contributed by atoms with Crippen LogP contribution >= 0.6 is 0 Å². The van der Waals surface area contributed by atoms with Gasteiger partial charge in [-0.2, -0.15) is 0 Å². The van der Waals surface area contributed by atoms with Gasteiger partial charge in [-0.15, -0.1) is 0 Å². The van der Waals surface area contributed by atoms with Crippen LogP contribution in [0.5, 0.6) is 0 Å². The van der Waals surface area contributed by atoms with E-state index in [4.69, 9.17) is 0 Å². The van der Waals surface area contributed by atoms with Gasteiger partial charge in [0.2, 0.25) is 11.8 Å². The minimum Gasteiger partial charge on any atom is -0.350 e. The lowest BCUT2D eigenvalue weighted by atomic mass is 9.85. The molecule has 4 heteroatoms. The topological polar surface area (TPSA) is 49.4 Å². The summed E-state index contributed by atoms with van der Waals surface area (Å²) in [5.41, 5.74) is 3.92. The normalized spacial score (nSPS) is 11.1. The zero-order valence-corrected chi connectivity index (χ0v) is 16.3. The van der Waals surface area contributed by atoms with Crippen LogP contribution in [-0.2, 0) is 21.5 Å². The lowest BCUT2D eigenvalue weighted by molar-refractivity contribution is -0.123. The van der Waals surface area contributed by atoms with Crippen molar-refractivity contribution in [3.63, 3.8) is 0 Å². The van der Waals surface area contributed by atoms with Crippen molar-refractivity contribution in [1.82, 2.24) is 5.32 Å². The number of nitrogens with zero attached hydrogens (tertiary/aromatic N) is 1. The predicted octanol–water partition coefficient (Wildman–Crippen LogP) is 3.96.